The average molecular weight is 311 g/mol. The minimum atomic E-state index is 0.103. The summed E-state index contributed by atoms with van der Waals surface area (Å²) in [5.74, 6) is 2.64. The van der Waals surface area contributed by atoms with E-state index in [1.165, 1.54) is 0 Å². The van der Waals surface area contributed by atoms with E-state index >= 15 is 0 Å². The lowest BCUT2D eigenvalue weighted by Gasteiger charge is -2.40. The van der Waals surface area contributed by atoms with Crippen molar-refractivity contribution in [2.75, 3.05) is 31.6 Å². The molecule has 0 radical (unpaired) electrons. The number of aromatic nitrogens is 1. The number of fused-ring (bicyclic) bond motifs is 2. The number of pyridine rings is 1. The molecule has 2 saturated heterocycles. The Bertz CT molecular complexity index is 746. The lowest BCUT2D eigenvalue weighted by Crippen LogP contribution is -2.51. The van der Waals surface area contributed by atoms with Gasteiger partial charge >= 0.3 is 0 Å². The summed E-state index contributed by atoms with van der Waals surface area (Å²) in [6.45, 7) is 2.57. The van der Waals surface area contributed by atoms with Gasteiger partial charge in [0.25, 0.3) is 0 Å². The average Bonchev–Trinajstić information content (AvgIpc) is 2.61. The molecule has 2 aromatic rings. The summed E-state index contributed by atoms with van der Waals surface area (Å²) in [6.07, 6.45) is 2.18. The van der Waals surface area contributed by atoms with Gasteiger partial charge in [-0.05, 0) is 49.1 Å². The third-order valence-electron chi connectivity index (χ3n) is 5.11. The van der Waals surface area contributed by atoms with E-state index in [1.807, 2.05) is 24.3 Å². The molecular weight excluding hydrogens is 290 g/mol. The van der Waals surface area contributed by atoms with Crippen LogP contribution in [0, 0.1) is 11.8 Å². The molecule has 4 rings (SSSR count). The molecule has 5 nitrogen and oxygen atoms in total. The fourth-order valence-corrected chi connectivity index (χ4v) is 3.76. The van der Waals surface area contributed by atoms with Crippen molar-refractivity contribution in [3.05, 3.63) is 30.3 Å². The topological polar surface area (TPSA) is 54.5 Å². The largest absolute Gasteiger partial charge is 0.497 e. The highest BCUT2D eigenvalue weighted by molar-refractivity contribution is 5.83. The molecule has 120 valence electrons. The number of benzene rings is 1. The number of methoxy groups -OCH3 is 1. The molecule has 1 aromatic carbocycles. The van der Waals surface area contributed by atoms with Crippen LogP contribution in [0.3, 0.4) is 0 Å². The minimum absolute atomic E-state index is 0.103. The van der Waals surface area contributed by atoms with Gasteiger partial charge < -0.3 is 15.0 Å². The van der Waals surface area contributed by atoms with Crippen LogP contribution in [0.2, 0.25) is 0 Å². The molecule has 0 unspecified atom stereocenters. The monoisotopic (exact) mass is 311 g/mol. The summed E-state index contributed by atoms with van der Waals surface area (Å²) >= 11 is 0. The lowest BCUT2D eigenvalue weighted by atomic mass is 9.80. The maximum Gasteiger partial charge on any atom is 0.225 e. The van der Waals surface area contributed by atoms with Gasteiger partial charge in [-0.1, -0.05) is 0 Å². The standard InChI is InChI=1S/C18H21N3O2/c1-23-14-3-4-16-13(10-14)2-5-17(20-16)21-9-7-12-6-8-19-18(22)15(12)11-21/h2-5,10,12,15H,6-9,11H2,1H3,(H,19,22)/t12-,15+/m0/s1. The number of hydrogen-bond donors (Lipinski definition) is 1. The summed E-state index contributed by atoms with van der Waals surface area (Å²) in [5.41, 5.74) is 0.957. The zero-order valence-corrected chi connectivity index (χ0v) is 13.3. The fourth-order valence-electron chi connectivity index (χ4n) is 3.76. The molecule has 2 aliphatic heterocycles. The number of hydrogen-bond acceptors (Lipinski definition) is 4. The first-order chi connectivity index (χ1) is 11.2. The third-order valence-corrected chi connectivity index (χ3v) is 5.11. The molecule has 2 fully saturated rings. The third kappa shape index (κ3) is 2.60. The quantitative estimate of drug-likeness (QED) is 0.924. The van der Waals surface area contributed by atoms with Crippen LogP contribution in [0.5, 0.6) is 5.75 Å². The molecule has 0 aliphatic carbocycles. The number of rotatable bonds is 2. The van der Waals surface area contributed by atoms with Crippen molar-refractivity contribution in [2.45, 2.75) is 12.8 Å². The van der Waals surface area contributed by atoms with Gasteiger partial charge in [0.1, 0.15) is 11.6 Å². The summed E-state index contributed by atoms with van der Waals surface area (Å²) in [5, 5.41) is 4.06. The second kappa shape index (κ2) is 5.72. The summed E-state index contributed by atoms with van der Waals surface area (Å²) < 4.78 is 5.26. The maximum absolute atomic E-state index is 12.1. The minimum Gasteiger partial charge on any atom is -0.497 e. The highest BCUT2D eigenvalue weighted by Crippen LogP contribution is 2.32. The van der Waals surface area contributed by atoms with Gasteiger partial charge in [0.05, 0.1) is 18.5 Å². The molecule has 2 aliphatic rings. The van der Waals surface area contributed by atoms with Crippen LogP contribution in [0.1, 0.15) is 12.8 Å². The van der Waals surface area contributed by atoms with Crippen LogP contribution in [0.4, 0.5) is 5.82 Å². The second-order valence-corrected chi connectivity index (χ2v) is 6.41. The van der Waals surface area contributed by atoms with Crippen molar-refractivity contribution in [1.82, 2.24) is 10.3 Å². The van der Waals surface area contributed by atoms with Crippen molar-refractivity contribution < 1.29 is 9.53 Å². The Labute approximate surface area is 135 Å². The first-order valence-electron chi connectivity index (χ1n) is 8.22. The van der Waals surface area contributed by atoms with Crippen LogP contribution < -0.4 is 15.0 Å². The van der Waals surface area contributed by atoms with Crippen LogP contribution in [-0.4, -0.2) is 37.6 Å². The number of nitrogens with zero attached hydrogens (tertiary/aromatic N) is 2. The van der Waals surface area contributed by atoms with Crippen LogP contribution in [0.15, 0.2) is 30.3 Å². The molecule has 1 amide bonds. The van der Waals surface area contributed by atoms with Gasteiger partial charge in [0, 0.05) is 25.0 Å². The van der Waals surface area contributed by atoms with E-state index in [2.05, 4.69) is 16.3 Å². The maximum atomic E-state index is 12.1. The normalized spacial score (nSPS) is 24.2. The molecule has 2 atom stereocenters. The highest BCUT2D eigenvalue weighted by Gasteiger charge is 2.36. The number of nitrogens with one attached hydrogen (secondary N) is 1. The smallest absolute Gasteiger partial charge is 0.225 e. The van der Waals surface area contributed by atoms with Gasteiger partial charge in [-0.2, -0.15) is 0 Å². The molecule has 23 heavy (non-hydrogen) atoms. The van der Waals surface area contributed by atoms with Crippen LogP contribution in [-0.2, 0) is 4.79 Å². The second-order valence-electron chi connectivity index (χ2n) is 6.41. The first-order valence-corrected chi connectivity index (χ1v) is 8.22. The Morgan fingerprint density at radius 2 is 2.17 bits per heavy atom. The Hall–Kier alpha value is -2.30. The van der Waals surface area contributed by atoms with Gasteiger partial charge in [-0.25, -0.2) is 4.98 Å². The first kappa shape index (κ1) is 14.3. The highest BCUT2D eigenvalue weighted by atomic mass is 16.5. The Morgan fingerprint density at radius 3 is 3.04 bits per heavy atom. The van der Waals surface area contributed by atoms with Crippen molar-refractivity contribution in [3.63, 3.8) is 0 Å². The molecule has 0 saturated carbocycles. The number of anilines is 1. The Morgan fingerprint density at radius 1 is 1.26 bits per heavy atom. The predicted octanol–water partition coefficient (Wildman–Crippen LogP) is 2.21. The molecule has 5 heteroatoms. The SMILES string of the molecule is COc1ccc2nc(N3CC[C@@H]4CCNC(=O)[C@@H]4C3)ccc2c1. The molecule has 3 heterocycles. The molecule has 1 N–H and O–H groups in total. The van der Waals surface area contributed by atoms with Crippen molar-refractivity contribution in [2.24, 2.45) is 11.8 Å². The van der Waals surface area contributed by atoms with Crippen molar-refractivity contribution in [3.8, 4) is 5.75 Å². The van der Waals surface area contributed by atoms with E-state index in [4.69, 9.17) is 9.72 Å². The van der Waals surface area contributed by atoms with Crippen molar-refractivity contribution >= 4 is 22.6 Å². The van der Waals surface area contributed by atoms with E-state index < -0.39 is 0 Å². The van der Waals surface area contributed by atoms with Gasteiger partial charge in [0.15, 0.2) is 0 Å². The number of carbonyl (C=O) groups excluding carboxylic acids is 1. The van der Waals surface area contributed by atoms with Gasteiger partial charge in [-0.3, -0.25) is 4.79 Å². The summed E-state index contributed by atoms with van der Waals surface area (Å²) in [6, 6.07) is 10.0. The molecule has 1 aromatic heterocycles. The van der Waals surface area contributed by atoms with E-state index in [0.29, 0.717) is 5.92 Å². The van der Waals surface area contributed by atoms with E-state index in [1.54, 1.807) is 7.11 Å². The zero-order chi connectivity index (χ0) is 15.8. The molecule has 0 bridgehead atoms. The Balaban J connectivity index is 1.60. The summed E-state index contributed by atoms with van der Waals surface area (Å²) in [7, 11) is 1.67. The lowest BCUT2D eigenvalue weighted by molar-refractivity contribution is -0.129. The summed E-state index contributed by atoms with van der Waals surface area (Å²) in [4.78, 5) is 19.1. The Kier molecular flexibility index (Phi) is 3.56. The van der Waals surface area contributed by atoms with Gasteiger partial charge in [0.2, 0.25) is 5.91 Å². The van der Waals surface area contributed by atoms with E-state index in [0.717, 1.165) is 54.9 Å². The molecule has 0 spiro atoms. The number of carbonyl (C=O) groups is 1. The zero-order valence-electron chi connectivity index (χ0n) is 13.3. The van der Waals surface area contributed by atoms with E-state index in [-0.39, 0.29) is 11.8 Å². The van der Waals surface area contributed by atoms with Gasteiger partial charge in [-0.15, -0.1) is 0 Å². The fraction of sp³-hybridized carbons (Fsp3) is 0.444. The van der Waals surface area contributed by atoms with Crippen LogP contribution in [0.25, 0.3) is 10.9 Å². The number of amides is 1. The molecular formula is C18H21N3O2. The predicted molar refractivity (Wildman–Crippen MR) is 89.7 cm³/mol. The van der Waals surface area contributed by atoms with Crippen molar-refractivity contribution in [1.29, 1.82) is 0 Å². The van der Waals surface area contributed by atoms with E-state index in [9.17, 15) is 4.79 Å². The number of ether oxygens (including phenoxy) is 1. The number of piperidine rings is 2. The van der Waals surface area contributed by atoms with Crippen LogP contribution >= 0.6 is 0 Å².